The second kappa shape index (κ2) is 4.49. The number of ether oxygens (including phenoxy) is 2. The molecule has 0 radical (unpaired) electrons. The fourth-order valence-electron chi connectivity index (χ4n) is 1.36. The van der Waals surface area contributed by atoms with Crippen LogP contribution in [0, 0.1) is 0 Å². The van der Waals surface area contributed by atoms with E-state index in [9.17, 15) is 9.59 Å². The first-order valence-corrected chi connectivity index (χ1v) is 4.82. The predicted molar refractivity (Wildman–Crippen MR) is 54.2 cm³/mol. The number of alkyl halides is 1. The van der Waals surface area contributed by atoms with Crippen LogP contribution in [0.3, 0.4) is 0 Å². The predicted octanol–water partition coefficient (Wildman–Crippen LogP) is 1.55. The van der Waals surface area contributed by atoms with E-state index in [-0.39, 0.29) is 40.3 Å². The van der Waals surface area contributed by atoms with E-state index in [0.717, 1.165) is 0 Å². The monoisotopic (exact) mass is 230 g/mol. The molecular formula is C10H11ClO4. The van der Waals surface area contributed by atoms with Crippen LogP contribution in [-0.4, -0.2) is 24.7 Å². The largest absolute Gasteiger partial charge is 0.492 e. The molecule has 0 amide bonds. The summed E-state index contributed by atoms with van der Waals surface area (Å²) < 4.78 is 9.80. The Hall–Kier alpha value is -1.29. The minimum atomic E-state index is -0.357. The molecule has 0 aromatic heterocycles. The zero-order valence-electron chi connectivity index (χ0n) is 8.72. The molecule has 0 N–H and O–H groups in total. The van der Waals surface area contributed by atoms with Crippen LogP contribution in [-0.2, 0) is 19.1 Å². The molecule has 4 nitrogen and oxygen atoms in total. The van der Waals surface area contributed by atoms with Crippen LogP contribution in [0.15, 0.2) is 22.7 Å². The van der Waals surface area contributed by atoms with Gasteiger partial charge in [0.05, 0.1) is 7.11 Å². The summed E-state index contributed by atoms with van der Waals surface area (Å²) in [7, 11) is 1.35. The van der Waals surface area contributed by atoms with Crippen LogP contribution < -0.4 is 0 Å². The Kier molecular flexibility index (Phi) is 3.52. The van der Waals surface area contributed by atoms with Crippen molar-refractivity contribution in [3.05, 3.63) is 22.7 Å². The van der Waals surface area contributed by atoms with Gasteiger partial charge in [-0.15, -0.1) is 0 Å². The van der Waals surface area contributed by atoms with Crippen molar-refractivity contribution in [2.24, 2.45) is 0 Å². The molecule has 0 saturated heterocycles. The lowest BCUT2D eigenvalue weighted by Gasteiger charge is -2.18. The van der Waals surface area contributed by atoms with Crippen molar-refractivity contribution in [3.8, 4) is 0 Å². The minimum absolute atomic E-state index is 0.00769. The lowest BCUT2D eigenvalue weighted by molar-refractivity contribution is -0.120. The van der Waals surface area contributed by atoms with Gasteiger partial charge in [0.1, 0.15) is 0 Å². The number of halogens is 1. The first kappa shape index (κ1) is 11.8. The third-order valence-corrected chi connectivity index (χ3v) is 2.29. The van der Waals surface area contributed by atoms with Gasteiger partial charge < -0.3 is 9.47 Å². The number of methoxy groups -OCH3 is 1. The standard InChI is InChI=1S/C10H11ClO4/c1-5-8(13)10(15-4-11)6(2)7(12)9(5)14-3/h4H2,1-3H3. The van der Waals surface area contributed by atoms with E-state index in [4.69, 9.17) is 21.1 Å². The summed E-state index contributed by atoms with van der Waals surface area (Å²) in [4.78, 5) is 23.4. The Bertz CT molecular complexity index is 379. The summed E-state index contributed by atoms with van der Waals surface area (Å²) >= 11 is 5.36. The van der Waals surface area contributed by atoms with Gasteiger partial charge in [-0.3, -0.25) is 9.59 Å². The zero-order chi connectivity index (χ0) is 11.6. The van der Waals surface area contributed by atoms with Crippen molar-refractivity contribution in [1.82, 2.24) is 0 Å². The number of rotatable bonds is 3. The molecule has 82 valence electrons. The third-order valence-electron chi connectivity index (χ3n) is 2.18. The lowest BCUT2D eigenvalue weighted by Crippen LogP contribution is -2.24. The van der Waals surface area contributed by atoms with Crippen molar-refractivity contribution in [2.75, 3.05) is 13.2 Å². The second-order valence-electron chi connectivity index (χ2n) is 3.02. The molecule has 5 heteroatoms. The Morgan fingerprint density at radius 2 is 1.53 bits per heavy atom. The second-order valence-corrected chi connectivity index (χ2v) is 3.24. The number of hydrogen-bond acceptors (Lipinski definition) is 4. The summed E-state index contributed by atoms with van der Waals surface area (Å²) in [6.07, 6.45) is 0. The number of Topliss-reactive ketones (excluding diaryl/α,β-unsaturated/α-hetero) is 2. The molecule has 1 aliphatic carbocycles. The highest BCUT2D eigenvalue weighted by atomic mass is 35.5. The van der Waals surface area contributed by atoms with Gasteiger partial charge in [-0.25, -0.2) is 0 Å². The Labute approximate surface area is 92.5 Å². The van der Waals surface area contributed by atoms with Crippen molar-refractivity contribution in [2.45, 2.75) is 13.8 Å². The Morgan fingerprint density at radius 3 is 2.00 bits per heavy atom. The maximum absolute atomic E-state index is 11.7. The number of carbonyl (C=O) groups is 2. The van der Waals surface area contributed by atoms with Crippen molar-refractivity contribution < 1.29 is 19.1 Å². The normalized spacial score (nSPS) is 17.3. The van der Waals surface area contributed by atoms with E-state index in [0.29, 0.717) is 0 Å². The third kappa shape index (κ3) is 1.90. The zero-order valence-corrected chi connectivity index (χ0v) is 9.47. The smallest absolute Gasteiger partial charge is 0.227 e. The fraction of sp³-hybridized carbons (Fsp3) is 0.400. The summed E-state index contributed by atoms with van der Waals surface area (Å²) in [6, 6.07) is -0.165. The maximum atomic E-state index is 11.7. The molecule has 0 bridgehead atoms. The van der Waals surface area contributed by atoms with Crippen molar-refractivity contribution in [1.29, 1.82) is 0 Å². The van der Waals surface area contributed by atoms with Gasteiger partial charge in [-0.1, -0.05) is 11.6 Å². The van der Waals surface area contributed by atoms with E-state index >= 15 is 0 Å². The lowest BCUT2D eigenvalue weighted by atomic mass is 9.95. The van der Waals surface area contributed by atoms with Crippen molar-refractivity contribution in [3.63, 3.8) is 0 Å². The number of carbonyl (C=O) groups excluding carboxylic acids is 2. The van der Waals surface area contributed by atoms with Gasteiger partial charge in [0.15, 0.2) is 17.6 Å². The minimum Gasteiger partial charge on any atom is -0.492 e. The fourth-order valence-corrected chi connectivity index (χ4v) is 1.47. The highest BCUT2D eigenvalue weighted by Crippen LogP contribution is 2.25. The molecule has 0 heterocycles. The molecule has 0 aromatic rings. The van der Waals surface area contributed by atoms with Crippen LogP contribution in [0.2, 0.25) is 0 Å². The van der Waals surface area contributed by atoms with E-state index in [1.165, 1.54) is 21.0 Å². The first-order valence-electron chi connectivity index (χ1n) is 4.28. The van der Waals surface area contributed by atoms with Crippen LogP contribution in [0.4, 0.5) is 0 Å². The molecule has 0 atom stereocenters. The first-order chi connectivity index (χ1) is 7.04. The van der Waals surface area contributed by atoms with Gasteiger partial charge in [-0.05, 0) is 13.8 Å². The van der Waals surface area contributed by atoms with E-state index in [1.807, 2.05) is 0 Å². The van der Waals surface area contributed by atoms with Gasteiger partial charge in [-0.2, -0.15) is 0 Å². The summed E-state index contributed by atoms with van der Waals surface area (Å²) in [5, 5.41) is 0. The number of ketones is 2. The summed E-state index contributed by atoms with van der Waals surface area (Å²) in [5.41, 5.74) is 0.469. The molecule has 0 fully saturated rings. The average Bonchev–Trinajstić information content (AvgIpc) is 2.23. The Morgan fingerprint density at radius 1 is 1.07 bits per heavy atom. The molecule has 0 unspecified atom stereocenters. The molecular weight excluding hydrogens is 220 g/mol. The van der Waals surface area contributed by atoms with Crippen LogP contribution in [0.25, 0.3) is 0 Å². The van der Waals surface area contributed by atoms with Crippen LogP contribution in [0.5, 0.6) is 0 Å². The number of allylic oxidation sites excluding steroid dienone is 2. The van der Waals surface area contributed by atoms with E-state index < -0.39 is 0 Å². The highest BCUT2D eigenvalue weighted by Gasteiger charge is 2.32. The van der Waals surface area contributed by atoms with Crippen LogP contribution in [0.1, 0.15) is 13.8 Å². The quantitative estimate of drug-likeness (QED) is 0.545. The molecule has 0 aliphatic heterocycles. The topological polar surface area (TPSA) is 52.6 Å². The van der Waals surface area contributed by atoms with E-state index in [2.05, 4.69) is 0 Å². The average molecular weight is 231 g/mol. The molecule has 1 rings (SSSR count). The maximum Gasteiger partial charge on any atom is 0.227 e. The summed E-state index contributed by atoms with van der Waals surface area (Å²) in [5.74, 6) is -0.618. The Balaban J connectivity index is 3.20. The van der Waals surface area contributed by atoms with Crippen molar-refractivity contribution >= 4 is 23.2 Å². The van der Waals surface area contributed by atoms with Gasteiger partial charge in [0.2, 0.25) is 11.6 Å². The SMILES string of the molecule is COC1=C(C)C(=O)C(OCCl)=C(C)C1=O. The highest BCUT2D eigenvalue weighted by molar-refractivity contribution is 6.23. The van der Waals surface area contributed by atoms with Crippen LogP contribution >= 0.6 is 11.6 Å². The molecule has 0 spiro atoms. The van der Waals surface area contributed by atoms with Gasteiger partial charge in [0, 0.05) is 11.1 Å². The summed E-state index contributed by atoms with van der Waals surface area (Å²) in [6.45, 7) is 3.02. The molecule has 0 saturated carbocycles. The molecule has 15 heavy (non-hydrogen) atoms. The van der Waals surface area contributed by atoms with Gasteiger partial charge in [0.25, 0.3) is 0 Å². The number of hydrogen-bond donors (Lipinski definition) is 0. The van der Waals surface area contributed by atoms with E-state index in [1.54, 1.807) is 0 Å². The molecule has 0 aromatic carbocycles. The van der Waals surface area contributed by atoms with Gasteiger partial charge >= 0.3 is 0 Å². The molecule has 1 aliphatic rings.